The van der Waals surface area contributed by atoms with Crippen molar-refractivity contribution in [2.75, 3.05) is 13.1 Å². The number of aromatic amines is 1. The van der Waals surface area contributed by atoms with E-state index in [1.54, 1.807) is 6.20 Å². The van der Waals surface area contributed by atoms with E-state index in [2.05, 4.69) is 38.5 Å². The van der Waals surface area contributed by atoms with E-state index >= 15 is 0 Å². The SMILES string of the molecule is c1ccc(-c2cc3c(o2)CN(CCc2cn[nH]n2)CC3)cc1. The van der Waals surface area contributed by atoms with Crippen LogP contribution in [0.15, 0.2) is 47.0 Å². The minimum absolute atomic E-state index is 0.875. The highest BCUT2D eigenvalue weighted by Crippen LogP contribution is 2.29. The molecule has 112 valence electrons. The number of aromatic nitrogens is 3. The molecule has 1 aliphatic rings. The van der Waals surface area contributed by atoms with Crippen molar-refractivity contribution in [3.05, 3.63) is 59.6 Å². The lowest BCUT2D eigenvalue weighted by Gasteiger charge is -2.25. The Kier molecular flexibility index (Phi) is 3.48. The van der Waals surface area contributed by atoms with Gasteiger partial charge in [0.15, 0.2) is 0 Å². The van der Waals surface area contributed by atoms with Crippen molar-refractivity contribution in [1.82, 2.24) is 20.3 Å². The maximum absolute atomic E-state index is 6.08. The molecule has 0 saturated carbocycles. The molecule has 0 unspecified atom stereocenters. The number of H-pyrrole nitrogens is 1. The quantitative estimate of drug-likeness (QED) is 0.803. The number of furan rings is 1. The maximum Gasteiger partial charge on any atom is 0.134 e. The van der Waals surface area contributed by atoms with Gasteiger partial charge in [-0.15, -0.1) is 0 Å². The Morgan fingerprint density at radius 1 is 1.23 bits per heavy atom. The van der Waals surface area contributed by atoms with Gasteiger partial charge in [0.1, 0.15) is 11.5 Å². The van der Waals surface area contributed by atoms with Crippen LogP contribution in [0.2, 0.25) is 0 Å². The molecule has 3 aromatic rings. The van der Waals surface area contributed by atoms with Crippen LogP contribution in [0.4, 0.5) is 0 Å². The summed E-state index contributed by atoms with van der Waals surface area (Å²) in [6.45, 7) is 2.92. The van der Waals surface area contributed by atoms with Crippen LogP contribution < -0.4 is 0 Å². The third-order valence-electron chi connectivity index (χ3n) is 4.17. The van der Waals surface area contributed by atoms with Gasteiger partial charge in [-0.25, -0.2) is 0 Å². The molecule has 3 heterocycles. The van der Waals surface area contributed by atoms with Gasteiger partial charge >= 0.3 is 0 Å². The number of hydrogen-bond donors (Lipinski definition) is 1. The van der Waals surface area contributed by atoms with Crippen LogP contribution in [0.3, 0.4) is 0 Å². The molecule has 0 saturated heterocycles. The van der Waals surface area contributed by atoms with Crippen molar-refractivity contribution < 1.29 is 4.42 Å². The highest BCUT2D eigenvalue weighted by atomic mass is 16.3. The summed E-state index contributed by atoms with van der Waals surface area (Å²) in [5.41, 5.74) is 3.50. The first-order valence-corrected chi connectivity index (χ1v) is 7.62. The van der Waals surface area contributed by atoms with Crippen molar-refractivity contribution in [3.63, 3.8) is 0 Å². The predicted molar refractivity (Wildman–Crippen MR) is 83.2 cm³/mol. The standard InChI is InChI=1S/C17H18N4O/c1-2-4-13(5-3-1)16-10-14-6-8-21(12-17(14)22-16)9-7-15-11-18-20-19-15/h1-5,10-11H,6-9,12H2,(H,18,19,20). The minimum Gasteiger partial charge on any atom is -0.459 e. The van der Waals surface area contributed by atoms with Crippen molar-refractivity contribution in [2.45, 2.75) is 19.4 Å². The average molecular weight is 294 g/mol. The largest absolute Gasteiger partial charge is 0.459 e. The highest BCUT2D eigenvalue weighted by Gasteiger charge is 2.21. The second-order valence-electron chi connectivity index (χ2n) is 5.66. The Labute approximate surface area is 129 Å². The van der Waals surface area contributed by atoms with Crippen LogP contribution in [0.5, 0.6) is 0 Å². The van der Waals surface area contributed by atoms with Crippen LogP contribution in [-0.4, -0.2) is 33.4 Å². The van der Waals surface area contributed by atoms with Crippen molar-refractivity contribution in [3.8, 4) is 11.3 Å². The van der Waals surface area contributed by atoms with Crippen molar-refractivity contribution in [1.29, 1.82) is 0 Å². The number of benzene rings is 1. The fraction of sp³-hybridized carbons (Fsp3) is 0.294. The molecule has 1 aliphatic heterocycles. The summed E-state index contributed by atoms with van der Waals surface area (Å²) in [5.74, 6) is 2.08. The lowest BCUT2D eigenvalue weighted by Crippen LogP contribution is -2.31. The molecule has 0 aliphatic carbocycles. The molecular formula is C17H18N4O. The van der Waals surface area contributed by atoms with E-state index in [4.69, 9.17) is 4.42 Å². The summed E-state index contributed by atoms with van der Waals surface area (Å²) in [4.78, 5) is 2.41. The summed E-state index contributed by atoms with van der Waals surface area (Å²) in [6, 6.07) is 12.5. The van der Waals surface area contributed by atoms with E-state index in [0.29, 0.717) is 0 Å². The zero-order valence-electron chi connectivity index (χ0n) is 12.3. The molecule has 0 radical (unpaired) electrons. The van der Waals surface area contributed by atoms with Crippen molar-refractivity contribution >= 4 is 0 Å². The first kappa shape index (κ1) is 13.3. The van der Waals surface area contributed by atoms with Gasteiger partial charge in [-0.3, -0.25) is 4.90 Å². The molecule has 1 N–H and O–H groups in total. The number of nitrogens with one attached hydrogen (secondary N) is 1. The smallest absolute Gasteiger partial charge is 0.134 e. The van der Waals surface area contributed by atoms with Gasteiger partial charge in [0.2, 0.25) is 0 Å². The second-order valence-corrected chi connectivity index (χ2v) is 5.66. The topological polar surface area (TPSA) is 58.0 Å². The molecule has 4 rings (SSSR count). The van der Waals surface area contributed by atoms with Crippen LogP contribution in [0.1, 0.15) is 17.0 Å². The van der Waals surface area contributed by atoms with Crippen LogP contribution >= 0.6 is 0 Å². The Morgan fingerprint density at radius 2 is 2.14 bits per heavy atom. The zero-order chi connectivity index (χ0) is 14.8. The third kappa shape index (κ3) is 2.67. The van der Waals surface area contributed by atoms with Gasteiger partial charge < -0.3 is 4.42 Å². The van der Waals surface area contributed by atoms with E-state index < -0.39 is 0 Å². The summed E-state index contributed by atoms with van der Waals surface area (Å²) in [5, 5.41) is 10.6. The van der Waals surface area contributed by atoms with Gasteiger partial charge in [0, 0.05) is 25.1 Å². The zero-order valence-corrected chi connectivity index (χ0v) is 12.3. The van der Waals surface area contributed by atoms with Crippen LogP contribution in [0, 0.1) is 0 Å². The van der Waals surface area contributed by atoms with Gasteiger partial charge in [-0.2, -0.15) is 15.4 Å². The van der Waals surface area contributed by atoms with Crippen LogP contribution in [0.25, 0.3) is 11.3 Å². The minimum atomic E-state index is 0.875. The number of hydrogen-bond acceptors (Lipinski definition) is 4. The van der Waals surface area contributed by atoms with E-state index in [9.17, 15) is 0 Å². The Balaban J connectivity index is 1.46. The van der Waals surface area contributed by atoms with Gasteiger partial charge in [0.05, 0.1) is 18.4 Å². The first-order valence-electron chi connectivity index (χ1n) is 7.62. The summed E-state index contributed by atoms with van der Waals surface area (Å²) in [6.07, 6.45) is 3.75. The number of rotatable bonds is 4. The molecule has 22 heavy (non-hydrogen) atoms. The molecule has 2 aromatic heterocycles. The predicted octanol–water partition coefficient (Wildman–Crippen LogP) is 2.67. The van der Waals surface area contributed by atoms with E-state index in [1.807, 2.05) is 18.2 Å². The first-order chi connectivity index (χ1) is 10.9. The molecule has 0 amide bonds. The lowest BCUT2D eigenvalue weighted by atomic mass is 10.1. The van der Waals surface area contributed by atoms with E-state index in [-0.39, 0.29) is 0 Å². The summed E-state index contributed by atoms with van der Waals surface area (Å²) >= 11 is 0. The fourth-order valence-corrected chi connectivity index (χ4v) is 2.93. The maximum atomic E-state index is 6.08. The van der Waals surface area contributed by atoms with Gasteiger partial charge in [-0.1, -0.05) is 30.3 Å². The number of fused-ring (bicyclic) bond motifs is 1. The van der Waals surface area contributed by atoms with Gasteiger partial charge in [0.25, 0.3) is 0 Å². The Bertz CT molecular complexity index is 733. The second kappa shape index (κ2) is 5.77. The van der Waals surface area contributed by atoms with E-state index in [1.165, 1.54) is 5.56 Å². The molecule has 0 spiro atoms. The lowest BCUT2D eigenvalue weighted by molar-refractivity contribution is 0.232. The number of nitrogens with zero attached hydrogens (tertiary/aromatic N) is 3. The molecule has 5 nitrogen and oxygen atoms in total. The third-order valence-corrected chi connectivity index (χ3v) is 4.17. The summed E-state index contributed by atoms with van der Waals surface area (Å²) < 4.78 is 6.08. The Morgan fingerprint density at radius 3 is 2.95 bits per heavy atom. The molecule has 1 aromatic carbocycles. The van der Waals surface area contributed by atoms with Gasteiger partial charge in [-0.05, 0) is 18.1 Å². The Hall–Kier alpha value is -2.40. The van der Waals surface area contributed by atoms with Crippen molar-refractivity contribution in [2.24, 2.45) is 0 Å². The summed E-state index contributed by atoms with van der Waals surface area (Å²) in [7, 11) is 0. The fourth-order valence-electron chi connectivity index (χ4n) is 2.93. The highest BCUT2D eigenvalue weighted by molar-refractivity contribution is 5.58. The molecule has 0 atom stereocenters. The molecule has 0 bridgehead atoms. The normalized spacial score (nSPS) is 14.9. The van der Waals surface area contributed by atoms with E-state index in [0.717, 1.165) is 55.3 Å². The molecule has 5 heteroatoms. The molecule has 0 fully saturated rings. The molecular weight excluding hydrogens is 276 g/mol. The monoisotopic (exact) mass is 294 g/mol. The van der Waals surface area contributed by atoms with Crippen LogP contribution in [-0.2, 0) is 19.4 Å². The average Bonchev–Trinajstić information content (AvgIpc) is 3.22.